The minimum absolute atomic E-state index is 0.0155. The molecule has 1 saturated heterocycles. The molecule has 0 spiro atoms. The first-order valence-corrected chi connectivity index (χ1v) is 11.7. The molecule has 1 amide bonds. The van der Waals surface area contributed by atoms with Crippen molar-refractivity contribution in [1.82, 2.24) is 24.6 Å². The SMILES string of the molecule is Cc1nc(C2(c3ccccc3)CCN(C(=O)c3nnc4n3CCCC4)CC2)cs1.O=CO. The van der Waals surface area contributed by atoms with Gasteiger partial charge in [0.2, 0.25) is 5.82 Å². The van der Waals surface area contributed by atoms with Crippen LogP contribution < -0.4 is 0 Å². The predicted molar refractivity (Wildman–Crippen MR) is 121 cm³/mol. The summed E-state index contributed by atoms with van der Waals surface area (Å²) >= 11 is 1.70. The van der Waals surface area contributed by atoms with Crippen molar-refractivity contribution < 1.29 is 14.7 Å². The van der Waals surface area contributed by atoms with Crippen LogP contribution in [0.2, 0.25) is 0 Å². The number of hydrogen-bond donors (Lipinski definition) is 1. The molecule has 5 rings (SSSR count). The van der Waals surface area contributed by atoms with Crippen LogP contribution in [0.25, 0.3) is 0 Å². The number of rotatable bonds is 3. The number of nitrogens with zero attached hydrogens (tertiary/aromatic N) is 5. The molecule has 9 heteroatoms. The number of benzene rings is 1. The van der Waals surface area contributed by atoms with E-state index in [4.69, 9.17) is 14.9 Å². The highest BCUT2D eigenvalue weighted by atomic mass is 32.1. The van der Waals surface area contributed by atoms with E-state index in [2.05, 4.69) is 52.8 Å². The molecule has 0 unspecified atom stereocenters. The summed E-state index contributed by atoms with van der Waals surface area (Å²) < 4.78 is 2.02. The van der Waals surface area contributed by atoms with Gasteiger partial charge in [0, 0.05) is 36.9 Å². The van der Waals surface area contributed by atoms with E-state index in [0.717, 1.165) is 55.2 Å². The van der Waals surface area contributed by atoms with Gasteiger partial charge < -0.3 is 14.6 Å². The largest absolute Gasteiger partial charge is 0.483 e. The molecule has 1 aromatic carbocycles. The Morgan fingerprint density at radius 3 is 2.50 bits per heavy atom. The molecule has 32 heavy (non-hydrogen) atoms. The van der Waals surface area contributed by atoms with Crippen molar-refractivity contribution in [1.29, 1.82) is 0 Å². The molecule has 2 aliphatic rings. The van der Waals surface area contributed by atoms with Crippen LogP contribution >= 0.6 is 11.3 Å². The number of amides is 1. The Hall–Kier alpha value is -3.07. The molecule has 4 heterocycles. The Balaban J connectivity index is 0.000000775. The maximum Gasteiger partial charge on any atom is 0.291 e. The smallest absolute Gasteiger partial charge is 0.291 e. The number of fused-ring (bicyclic) bond motifs is 1. The number of carbonyl (C=O) groups excluding carboxylic acids is 1. The Morgan fingerprint density at radius 1 is 1.12 bits per heavy atom. The van der Waals surface area contributed by atoms with Crippen LogP contribution in [0.15, 0.2) is 35.7 Å². The van der Waals surface area contributed by atoms with E-state index in [-0.39, 0.29) is 17.8 Å². The minimum atomic E-state index is -0.250. The van der Waals surface area contributed by atoms with Crippen molar-refractivity contribution in [2.45, 2.75) is 51.0 Å². The van der Waals surface area contributed by atoms with Crippen LogP contribution in [0, 0.1) is 6.92 Å². The van der Waals surface area contributed by atoms with Crippen molar-refractivity contribution in [2.75, 3.05) is 13.1 Å². The number of hydrogen-bond acceptors (Lipinski definition) is 6. The van der Waals surface area contributed by atoms with E-state index in [9.17, 15) is 4.79 Å². The molecule has 168 valence electrons. The monoisotopic (exact) mass is 453 g/mol. The third kappa shape index (κ3) is 4.17. The van der Waals surface area contributed by atoms with Gasteiger partial charge in [0.05, 0.1) is 10.7 Å². The number of likely N-dealkylation sites (tertiary alicyclic amines) is 1. The van der Waals surface area contributed by atoms with E-state index in [1.54, 1.807) is 11.3 Å². The van der Waals surface area contributed by atoms with Crippen LogP contribution in [0.5, 0.6) is 0 Å². The fourth-order valence-corrected chi connectivity index (χ4v) is 5.44. The lowest BCUT2D eigenvalue weighted by atomic mass is 9.70. The first kappa shape index (κ1) is 22.1. The Labute approximate surface area is 190 Å². The Morgan fingerprint density at radius 2 is 1.84 bits per heavy atom. The predicted octanol–water partition coefficient (Wildman–Crippen LogP) is 3.30. The third-order valence-electron chi connectivity index (χ3n) is 6.39. The van der Waals surface area contributed by atoms with Gasteiger partial charge in [-0.15, -0.1) is 21.5 Å². The molecule has 8 nitrogen and oxygen atoms in total. The zero-order chi connectivity index (χ0) is 22.6. The summed E-state index contributed by atoms with van der Waals surface area (Å²) in [6.07, 6.45) is 4.87. The summed E-state index contributed by atoms with van der Waals surface area (Å²) in [6, 6.07) is 10.6. The molecule has 0 atom stereocenters. The van der Waals surface area contributed by atoms with E-state index in [1.807, 2.05) is 9.47 Å². The van der Waals surface area contributed by atoms with Crippen LogP contribution in [0.3, 0.4) is 0 Å². The quantitative estimate of drug-likeness (QED) is 0.611. The third-order valence-corrected chi connectivity index (χ3v) is 7.16. The maximum absolute atomic E-state index is 13.2. The van der Waals surface area contributed by atoms with Gasteiger partial charge in [-0.25, -0.2) is 4.98 Å². The van der Waals surface area contributed by atoms with Gasteiger partial charge in [-0.1, -0.05) is 30.3 Å². The van der Waals surface area contributed by atoms with Gasteiger partial charge in [-0.3, -0.25) is 9.59 Å². The van der Waals surface area contributed by atoms with Gasteiger partial charge >= 0.3 is 0 Å². The molecular formula is C23H27N5O3S. The fourth-order valence-electron chi connectivity index (χ4n) is 4.73. The van der Waals surface area contributed by atoms with Gasteiger partial charge in [-0.05, 0) is 38.2 Å². The molecular weight excluding hydrogens is 426 g/mol. The number of aromatic nitrogens is 4. The number of carboxylic acid groups (broad SMARTS) is 1. The number of aryl methyl sites for hydroxylation is 2. The number of carbonyl (C=O) groups is 2. The lowest BCUT2D eigenvalue weighted by molar-refractivity contribution is -0.122. The second-order valence-corrected chi connectivity index (χ2v) is 9.21. The zero-order valence-corrected chi connectivity index (χ0v) is 18.9. The van der Waals surface area contributed by atoms with E-state index < -0.39 is 0 Å². The highest BCUT2D eigenvalue weighted by Crippen LogP contribution is 2.42. The summed E-state index contributed by atoms with van der Waals surface area (Å²) in [5, 5.41) is 18.7. The lowest BCUT2D eigenvalue weighted by Gasteiger charge is -2.41. The highest BCUT2D eigenvalue weighted by Gasteiger charge is 2.41. The number of piperidine rings is 1. The normalized spacial score (nSPS) is 17.1. The first-order valence-electron chi connectivity index (χ1n) is 10.9. The van der Waals surface area contributed by atoms with Crippen molar-refractivity contribution in [3.63, 3.8) is 0 Å². The molecule has 0 bridgehead atoms. The van der Waals surface area contributed by atoms with E-state index >= 15 is 0 Å². The lowest BCUT2D eigenvalue weighted by Crippen LogP contribution is -2.46. The molecule has 1 fully saturated rings. The van der Waals surface area contributed by atoms with Gasteiger partial charge in [-0.2, -0.15) is 0 Å². The standard InChI is InChI=1S/C22H25N5OS.CH2O2/c1-16-23-18(15-29-16)22(17-7-3-2-4-8-17)10-13-26(14-11-22)21(28)20-25-24-19-9-5-6-12-27(19)20;2-1-3/h2-4,7-8,15H,5-6,9-14H2,1H3;1H,(H,2,3). The average Bonchev–Trinajstić information content (AvgIpc) is 3.46. The summed E-state index contributed by atoms with van der Waals surface area (Å²) in [4.78, 5) is 28.4. The first-order chi connectivity index (χ1) is 15.6. The minimum Gasteiger partial charge on any atom is -0.483 e. The van der Waals surface area contributed by atoms with Crippen LogP contribution in [0.1, 0.15) is 58.4 Å². The van der Waals surface area contributed by atoms with Crippen LogP contribution in [-0.4, -0.2) is 55.2 Å². The maximum atomic E-state index is 13.2. The molecule has 0 saturated carbocycles. The van der Waals surface area contributed by atoms with E-state index in [1.165, 1.54) is 5.56 Å². The fraction of sp³-hybridized carbons (Fsp3) is 0.435. The second kappa shape index (κ2) is 9.60. The van der Waals surface area contributed by atoms with E-state index in [0.29, 0.717) is 18.9 Å². The van der Waals surface area contributed by atoms with Crippen molar-refractivity contribution in [3.05, 3.63) is 63.6 Å². The molecule has 2 aliphatic heterocycles. The average molecular weight is 454 g/mol. The highest BCUT2D eigenvalue weighted by molar-refractivity contribution is 7.09. The zero-order valence-electron chi connectivity index (χ0n) is 18.1. The van der Waals surface area contributed by atoms with Crippen molar-refractivity contribution in [2.24, 2.45) is 0 Å². The summed E-state index contributed by atoms with van der Waals surface area (Å²) in [5.41, 5.74) is 2.29. The van der Waals surface area contributed by atoms with Gasteiger partial charge in [0.1, 0.15) is 5.82 Å². The molecule has 3 aromatic rings. The van der Waals surface area contributed by atoms with Crippen molar-refractivity contribution in [3.8, 4) is 0 Å². The van der Waals surface area contributed by atoms with Crippen LogP contribution in [-0.2, 0) is 23.2 Å². The molecule has 2 aromatic heterocycles. The van der Waals surface area contributed by atoms with Crippen LogP contribution in [0.4, 0.5) is 0 Å². The van der Waals surface area contributed by atoms with Gasteiger partial charge in [0.15, 0.2) is 0 Å². The second-order valence-electron chi connectivity index (χ2n) is 8.15. The summed E-state index contributed by atoms with van der Waals surface area (Å²) in [7, 11) is 0. The Kier molecular flexibility index (Phi) is 6.64. The van der Waals surface area contributed by atoms with Gasteiger partial charge in [0.25, 0.3) is 12.4 Å². The molecule has 0 radical (unpaired) electrons. The molecule has 1 N–H and O–H groups in total. The Bertz CT molecular complexity index is 1070. The van der Waals surface area contributed by atoms with Crippen molar-refractivity contribution >= 4 is 23.7 Å². The summed E-state index contributed by atoms with van der Waals surface area (Å²) in [6.45, 7) is 4.06. The number of thiazole rings is 1. The molecule has 0 aliphatic carbocycles. The summed E-state index contributed by atoms with van der Waals surface area (Å²) in [5.74, 6) is 1.48. The topological polar surface area (TPSA) is 101 Å².